The Morgan fingerprint density at radius 1 is 1.38 bits per heavy atom. The Hall–Kier alpha value is -1.10. The molecule has 0 radical (unpaired) electrons. The maximum Gasteiger partial charge on any atom is 0.306 e. The molecule has 1 heterocycles. The first-order valence-corrected chi connectivity index (χ1v) is 5.85. The molecule has 2 fully saturated rings. The second-order valence-electron chi connectivity index (χ2n) is 4.91. The number of β-lactam (4-membered cyclic amide) rings is 1. The molecule has 16 heavy (non-hydrogen) atoms. The molecular formula is C11H18N2O3. The van der Waals surface area contributed by atoms with Gasteiger partial charge in [0.25, 0.3) is 0 Å². The van der Waals surface area contributed by atoms with E-state index < -0.39 is 5.97 Å². The van der Waals surface area contributed by atoms with Gasteiger partial charge in [-0.1, -0.05) is 0 Å². The molecule has 1 saturated heterocycles. The number of carbonyl (C=O) groups is 2. The van der Waals surface area contributed by atoms with Crippen molar-refractivity contribution >= 4 is 11.9 Å². The summed E-state index contributed by atoms with van der Waals surface area (Å²) in [4.78, 5) is 23.9. The molecule has 2 rings (SSSR count). The number of carboxylic acid groups (broad SMARTS) is 1. The van der Waals surface area contributed by atoms with Gasteiger partial charge in [-0.2, -0.15) is 0 Å². The largest absolute Gasteiger partial charge is 0.481 e. The number of carboxylic acids is 1. The van der Waals surface area contributed by atoms with Crippen LogP contribution < -0.4 is 5.73 Å². The van der Waals surface area contributed by atoms with Crippen LogP contribution in [0.15, 0.2) is 0 Å². The van der Waals surface area contributed by atoms with Crippen LogP contribution in [-0.4, -0.2) is 41.0 Å². The van der Waals surface area contributed by atoms with Gasteiger partial charge >= 0.3 is 5.97 Å². The number of nitrogens with two attached hydrogens (primary N) is 1. The third-order valence-electron chi connectivity index (χ3n) is 3.72. The molecule has 1 aliphatic carbocycles. The van der Waals surface area contributed by atoms with E-state index in [0.717, 1.165) is 32.2 Å². The highest BCUT2D eigenvalue weighted by atomic mass is 16.4. The predicted octanol–water partition coefficient (Wildman–Crippen LogP) is 0.0469. The van der Waals surface area contributed by atoms with Gasteiger partial charge in [-0.05, 0) is 31.6 Å². The highest BCUT2D eigenvalue weighted by Gasteiger charge is 2.36. The Kier molecular flexibility index (Phi) is 3.14. The van der Waals surface area contributed by atoms with Gasteiger partial charge in [0.2, 0.25) is 5.91 Å². The summed E-state index contributed by atoms with van der Waals surface area (Å²) in [6.45, 7) is 1.43. The summed E-state index contributed by atoms with van der Waals surface area (Å²) in [5.74, 6) is -0.349. The lowest BCUT2D eigenvalue weighted by molar-refractivity contribution is -0.146. The average Bonchev–Trinajstić information content (AvgIpc) is 2.29. The number of aliphatic carboxylic acids is 1. The van der Waals surface area contributed by atoms with Gasteiger partial charge in [0.05, 0.1) is 5.92 Å². The van der Waals surface area contributed by atoms with Gasteiger partial charge in [0.1, 0.15) is 6.04 Å². The number of hydrogen-bond donors (Lipinski definition) is 2. The fourth-order valence-corrected chi connectivity index (χ4v) is 2.60. The summed E-state index contributed by atoms with van der Waals surface area (Å²) in [5.41, 5.74) is 5.51. The first kappa shape index (κ1) is 11.4. The summed E-state index contributed by atoms with van der Waals surface area (Å²) >= 11 is 0. The Bertz CT molecular complexity index is 298. The van der Waals surface area contributed by atoms with Crippen molar-refractivity contribution in [2.45, 2.75) is 31.7 Å². The second kappa shape index (κ2) is 4.41. The van der Waals surface area contributed by atoms with Crippen LogP contribution in [0.4, 0.5) is 0 Å². The summed E-state index contributed by atoms with van der Waals surface area (Å²) < 4.78 is 0. The van der Waals surface area contributed by atoms with Crippen LogP contribution in [0.3, 0.4) is 0 Å². The van der Waals surface area contributed by atoms with Crippen LogP contribution in [0.25, 0.3) is 0 Å². The molecule has 1 amide bonds. The van der Waals surface area contributed by atoms with Crippen molar-refractivity contribution in [3.63, 3.8) is 0 Å². The highest BCUT2D eigenvalue weighted by molar-refractivity contribution is 5.87. The van der Waals surface area contributed by atoms with Crippen molar-refractivity contribution in [1.29, 1.82) is 0 Å². The van der Waals surface area contributed by atoms with Crippen LogP contribution >= 0.6 is 0 Å². The van der Waals surface area contributed by atoms with Gasteiger partial charge in [-0.3, -0.25) is 9.59 Å². The van der Waals surface area contributed by atoms with Crippen LogP contribution in [0.2, 0.25) is 0 Å². The summed E-state index contributed by atoms with van der Waals surface area (Å²) in [6, 6.07) is -0.296. The molecule has 0 aromatic rings. The zero-order valence-electron chi connectivity index (χ0n) is 9.26. The van der Waals surface area contributed by atoms with E-state index in [1.165, 1.54) is 0 Å². The van der Waals surface area contributed by atoms with E-state index in [2.05, 4.69) is 0 Å². The van der Waals surface area contributed by atoms with E-state index in [9.17, 15) is 9.59 Å². The smallest absolute Gasteiger partial charge is 0.306 e. The normalized spacial score (nSPS) is 34.7. The van der Waals surface area contributed by atoms with E-state index in [4.69, 9.17) is 10.8 Å². The molecule has 3 N–H and O–H groups in total. The van der Waals surface area contributed by atoms with E-state index in [1.807, 2.05) is 0 Å². The Labute approximate surface area is 94.6 Å². The summed E-state index contributed by atoms with van der Waals surface area (Å²) in [6.07, 6.45) is 3.31. The zero-order chi connectivity index (χ0) is 11.7. The van der Waals surface area contributed by atoms with Crippen molar-refractivity contribution in [3.05, 3.63) is 0 Å². The van der Waals surface area contributed by atoms with E-state index in [-0.39, 0.29) is 17.9 Å². The van der Waals surface area contributed by atoms with Crippen molar-refractivity contribution < 1.29 is 14.7 Å². The quantitative estimate of drug-likeness (QED) is 0.666. The molecule has 0 aromatic heterocycles. The predicted molar refractivity (Wildman–Crippen MR) is 57.6 cm³/mol. The van der Waals surface area contributed by atoms with Crippen molar-refractivity contribution in [3.8, 4) is 0 Å². The molecule has 1 atom stereocenters. The lowest BCUT2D eigenvalue weighted by atomic mass is 9.81. The van der Waals surface area contributed by atoms with Crippen LogP contribution in [-0.2, 0) is 9.59 Å². The number of amides is 1. The molecule has 0 aromatic carbocycles. The second-order valence-corrected chi connectivity index (χ2v) is 4.91. The highest BCUT2D eigenvalue weighted by Crippen LogP contribution is 2.30. The van der Waals surface area contributed by atoms with Gasteiger partial charge in [0, 0.05) is 13.1 Å². The number of carbonyl (C=O) groups excluding carboxylic acids is 1. The monoisotopic (exact) mass is 226 g/mol. The van der Waals surface area contributed by atoms with Crippen LogP contribution in [0.1, 0.15) is 25.7 Å². The Morgan fingerprint density at radius 2 is 2.00 bits per heavy atom. The van der Waals surface area contributed by atoms with Crippen LogP contribution in [0.5, 0.6) is 0 Å². The molecular weight excluding hydrogens is 208 g/mol. The van der Waals surface area contributed by atoms with Crippen molar-refractivity contribution in [2.75, 3.05) is 13.1 Å². The third-order valence-corrected chi connectivity index (χ3v) is 3.72. The fourth-order valence-electron chi connectivity index (χ4n) is 2.60. The standard InChI is InChI=1S/C11H18N2O3/c12-9-6-13(10(9)14)5-7-1-3-8(4-2-7)11(15)16/h7-9H,1-6,12H2,(H,15,16). The number of nitrogens with zero attached hydrogens (tertiary/aromatic N) is 1. The molecule has 0 bridgehead atoms. The molecule has 5 nitrogen and oxygen atoms in total. The molecule has 5 heteroatoms. The van der Waals surface area contributed by atoms with Crippen LogP contribution in [0, 0.1) is 11.8 Å². The SMILES string of the molecule is NC1CN(CC2CCC(C(=O)O)CC2)C1=O. The average molecular weight is 226 g/mol. The number of likely N-dealkylation sites (tertiary alicyclic amines) is 1. The maximum atomic E-state index is 11.3. The van der Waals surface area contributed by atoms with E-state index >= 15 is 0 Å². The van der Waals surface area contributed by atoms with Gasteiger partial charge < -0.3 is 15.7 Å². The Balaban J connectivity index is 1.74. The van der Waals surface area contributed by atoms with E-state index in [1.54, 1.807) is 4.90 Å². The number of rotatable bonds is 3. The number of hydrogen-bond acceptors (Lipinski definition) is 3. The lowest BCUT2D eigenvalue weighted by Crippen LogP contribution is -2.61. The fraction of sp³-hybridized carbons (Fsp3) is 0.818. The van der Waals surface area contributed by atoms with Gasteiger partial charge in [-0.15, -0.1) is 0 Å². The first-order valence-electron chi connectivity index (χ1n) is 5.85. The minimum Gasteiger partial charge on any atom is -0.481 e. The van der Waals surface area contributed by atoms with Gasteiger partial charge in [-0.25, -0.2) is 0 Å². The molecule has 1 unspecified atom stereocenters. The molecule has 1 saturated carbocycles. The van der Waals surface area contributed by atoms with E-state index in [0.29, 0.717) is 12.5 Å². The maximum absolute atomic E-state index is 11.3. The van der Waals surface area contributed by atoms with Crippen molar-refractivity contribution in [1.82, 2.24) is 4.90 Å². The topological polar surface area (TPSA) is 83.6 Å². The zero-order valence-corrected chi connectivity index (χ0v) is 9.26. The lowest BCUT2D eigenvalue weighted by Gasteiger charge is -2.39. The first-order chi connectivity index (χ1) is 7.58. The molecule has 0 spiro atoms. The minimum atomic E-state index is -0.680. The molecule has 2 aliphatic rings. The molecule has 90 valence electrons. The van der Waals surface area contributed by atoms with Gasteiger partial charge in [0.15, 0.2) is 0 Å². The summed E-state index contributed by atoms with van der Waals surface area (Å²) in [5, 5.41) is 8.86. The minimum absolute atomic E-state index is 0.0420. The molecule has 1 aliphatic heterocycles. The summed E-state index contributed by atoms with van der Waals surface area (Å²) in [7, 11) is 0. The van der Waals surface area contributed by atoms with Crippen molar-refractivity contribution in [2.24, 2.45) is 17.6 Å². The Morgan fingerprint density at radius 3 is 2.44 bits per heavy atom. The third kappa shape index (κ3) is 2.19.